The molecule has 5 rings (SSSR count). The molecule has 1 atom stereocenters. The van der Waals surface area contributed by atoms with Crippen LogP contribution < -0.4 is 5.32 Å². The second-order valence-corrected chi connectivity index (χ2v) is 10.2. The Bertz CT molecular complexity index is 1160. The number of hydrogen-bond acceptors (Lipinski definition) is 5. The average Bonchev–Trinajstić information content (AvgIpc) is 3.39. The minimum atomic E-state index is -3.69. The van der Waals surface area contributed by atoms with E-state index in [4.69, 9.17) is 0 Å². The largest absolute Gasteiger partial charge is 0.354 e. The molecular formula is C24H28N4O3S. The number of amides is 1. The van der Waals surface area contributed by atoms with Gasteiger partial charge >= 0.3 is 0 Å². The molecule has 32 heavy (non-hydrogen) atoms. The SMILES string of the molecule is O=C(NCCCN1CCc2ccccc2C1)[C@@H]1CCCN1C1=NS(=O)(=O)c2ccccc21. The van der Waals surface area contributed by atoms with Crippen LogP contribution in [0.2, 0.25) is 0 Å². The first-order chi connectivity index (χ1) is 15.5. The van der Waals surface area contributed by atoms with E-state index in [2.05, 4.69) is 38.9 Å². The Morgan fingerprint density at radius 3 is 2.72 bits per heavy atom. The third-order valence-corrected chi connectivity index (χ3v) is 7.93. The number of carbonyl (C=O) groups excluding carboxylic acids is 1. The average molecular weight is 453 g/mol. The highest BCUT2D eigenvalue weighted by Gasteiger charge is 2.39. The number of likely N-dealkylation sites (tertiary alicyclic amines) is 1. The highest BCUT2D eigenvalue weighted by Crippen LogP contribution is 2.31. The van der Waals surface area contributed by atoms with Crippen molar-refractivity contribution in [2.75, 3.05) is 26.2 Å². The molecule has 1 fully saturated rings. The fraction of sp³-hybridized carbons (Fsp3) is 0.417. The lowest BCUT2D eigenvalue weighted by molar-refractivity contribution is -0.124. The molecule has 0 unspecified atom stereocenters. The molecule has 0 bridgehead atoms. The molecule has 0 aliphatic carbocycles. The molecule has 1 saturated heterocycles. The van der Waals surface area contributed by atoms with E-state index in [-0.39, 0.29) is 16.8 Å². The van der Waals surface area contributed by atoms with E-state index in [1.807, 2.05) is 4.90 Å². The van der Waals surface area contributed by atoms with Gasteiger partial charge in [0.1, 0.15) is 10.9 Å². The zero-order chi connectivity index (χ0) is 22.1. The minimum absolute atomic E-state index is 0.0454. The number of rotatable bonds is 5. The van der Waals surface area contributed by atoms with Crippen molar-refractivity contribution in [1.82, 2.24) is 15.1 Å². The van der Waals surface area contributed by atoms with Gasteiger partial charge in [0.25, 0.3) is 10.0 Å². The Labute approximate surface area is 189 Å². The van der Waals surface area contributed by atoms with Crippen molar-refractivity contribution in [3.8, 4) is 0 Å². The van der Waals surface area contributed by atoms with Gasteiger partial charge in [-0.1, -0.05) is 36.4 Å². The van der Waals surface area contributed by atoms with Crippen LogP contribution in [0.5, 0.6) is 0 Å². The van der Waals surface area contributed by atoms with Gasteiger partial charge in [-0.2, -0.15) is 8.42 Å². The summed E-state index contributed by atoms with van der Waals surface area (Å²) in [7, 11) is -3.69. The topological polar surface area (TPSA) is 82.1 Å². The van der Waals surface area contributed by atoms with Gasteiger partial charge in [-0.15, -0.1) is 4.40 Å². The van der Waals surface area contributed by atoms with Crippen LogP contribution in [-0.2, 0) is 27.8 Å². The Morgan fingerprint density at radius 1 is 1.06 bits per heavy atom. The fourth-order valence-electron chi connectivity index (χ4n) is 4.97. The predicted molar refractivity (Wildman–Crippen MR) is 123 cm³/mol. The summed E-state index contributed by atoms with van der Waals surface area (Å²) in [6, 6.07) is 15.1. The fourth-order valence-corrected chi connectivity index (χ4v) is 6.18. The van der Waals surface area contributed by atoms with Crippen molar-refractivity contribution >= 4 is 21.8 Å². The van der Waals surface area contributed by atoms with Gasteiger partial charge in [-0.05, 0) is 48.9 Å². The Balaban J connectivity index is 1.16. The van der Waals surface area contributed by atoms with Gasteiger partial charge in [-0.25, -0.2) is 0 Å². The van der Waals surface area contributed by atoms with Gasteiger partial charge in [-0.3, -0.25) is 9.69 Å². The number of nitrogens with zero attached hydrogens (tertiary/aromatic N) is 3. The summed E-state index contributed by atoms with van der Waals surface area (Å²) in [6.45, 7) is 4.21. The predicted octanol–water partition coefficient (Wildman–Crippen LogP) is 2.16. The summed E-state index contributed by atoms with van der Waals surface area (Å²) < 4.78 is 28.8. The van der Waals surface area contributed by atoms with Crippen LogP contribution >= 0.6 is 0 Å². The van der Waals surface area contributed by atoms with Crippen molar-refractivity contribution < 1.29 is 13.2 Å². The first-order valence-electron chi connectivity index (χ1n) is 11.3. The summed E-state index contributed by atoms with van der Waals surface area (Å²) in [5.74, 6) is 0.362. The lowest BCUT2D eigenvalue weighted by Gasteiger charge is -2.29. The molecule has 2 aromatic rings. The van der Waals surface area contributed by atoms with E-state index < -0.39 is 10.0 Å². The van der Waals surface area contributed by atoms with E-state index in [1.165, 1.54) is 11.1 Å². The Morgan fingerprint density at radius 2 is 1.84 bits per heavy atom. The van der Waals surface area contributed by atoms with Gasteiger partial charge in [0.15, 0.2) is 5.84 Å². The normalized spacial score (nSPS) is 21.7. The van der Waals surface area contributed by atoms with Crippen molar-refractivity contribution in [2.45, 2.75) is 43.2 Å². The van der Waals surface area contributed by atoms with Crippen LogP contribution in [0.25, 0.3) is 0 Å². The molecule has 1 N–H and O–H groups in total. The number of nitrogens with one attached hydrogen (secondary N) is 1. The van der Waals surface area contributed by atoms with Crippen molar-refractivity contribution in [3.63, 3.8) is 0 Å². The molecule has 3 heterocycles. The van der Waals surface area contributed by atoms with E-state index in [0.29, 0.717) is 30.9 Å². The first-order valence-corrected chi connectivity index (χ1v) is 12.7. The Hall–Kier alpha value is -2.71. The molecule has 0 radical (unpaired) electrons. The third kappa shape index (κ3) is 4.04. The zero-order valence-corrected chi connectivity index (χ0v) is 18.9. The van der Waals surface area contributed by atoms with Crippen molar-refractivity contribution in [1.29, 1.82) is 0 Å². The lowest BCUT2D eigenvalue weighted by Crippen LogP contribution is -2.46. The van der Waals surface area contributed by atoms with Crippen LogP contribution in [0.15, 0.2) is 57.8 Å². The summed E-state index contributed by atoms with van der Waals surface area (Å²) in [5, 5.41) is 3.07. The molecule has 3 aliphatic heterocycles. The van der Waals surface area contributed by atoms with Crippen LogP contribution in [0.3, 0.4) is 0 Å². The second-order valence-electron chi connectivity index (χ2n) is 8.68. The van der Waals surface area contributed by atoms with E-state index in [0.717, 1.165) is 38.9 Å². The summed E-state index contributed by atoms with van der Waals surface area (Å²) in [5.41, 5.74) is 3.44. The van der Waals surface area contributed by atoms with E-state index >= 15 is 0 Å². The number of fused-ring (bicyclic) bond motifs is 2. The molecule has 0 saturated carbocycles. The summed E-state index contributed by atoms with van der Waals surface area (Å²) in [6.07, 6.45) is 3.51. The van der Waals surface area contributed by atoms with Crippen LogP contribution in [0.4, 0.5) is 0 Å². The zero-order valence-electron chi connectivity index (χ0n) is 18.0. The van der Waals surface area contributed by atoms with Gasteiger partial charge < -0.3 is 10.2 Å². The van der Waals surface area contributed by atoms with Gasteiger partial charge in [0.05, 0.1) is 0 Å². The summed E-state index contributed by atoms with van der Waals surface area (Å²) >= 11 is 0. The second kappa shape index (κ2) is 8.67. The molecule has 8 heteroatoms. The van der Waals surface area contributed by atoms with E-state index in [1.54, 1.807) is 24.3 Å². The van der Waals surface area contributed by atoms with Crippen LogP contribution in [0.1, 0.15) is 36.0 Å². The number of carbonyl (C=O) groups is 1. The standard InChI is InChI=1S/C24H28N4O3S/c29-24(25-13-6-14-27-16-12-18-7-1-2-8-19(18)17-27)21-10-5-15-28(21)23-20-9-3-4-11-22(20)32(30,31)26-23/h1-4,7-9,11,21H,5-6,10,12-17H2,(H,25,29)/t21-/m0/s1. The highest BCUT2D eigenvalue weighted by atomic mass is 32.2. The highest BCUT2D eigenvalue weighted by molar-refractivity contribution is 7.90. The molecule has 0 aromatic heterocycles. The maximum Gasteiger partial charge on any atom is 0.285 e. The maximum absolute atomic E-state index is 12.9. The van der Waals surface area contributed by atoms with Crippen LogP contribution in [-0.4, -0.2) is 62.2 Å². The number of sulfonamides is 1. The Kier molecular flexibility index (Phi) is 5.73. The van der Waals surface area contributed by atoms with Gasteiger partial charge in [0, 0.05) is 38.3 Å². The number of hydrogen-bond donors (Lipinski definition) is 1. The number of benzene rings is 2. The quantitative estimate of drug-likeness (QED) is 0.703. The monoisotopic (exact) mass is 452 g/mol. The minimum Gasteiger partial charge on any atom is -0.354 e. The smallest absolute Gasteiger partial charge is 0.285 e. The summed E-state index contributed by atoms with van der Waals surface area (Å²) in [4.78, 5) is 17.5. The first kappa shape index (κ1) is 21.2. The van der Waals surface area contributed by atoms with Gasteiger partial charge in [0.2, 0.25) is 5.91 Å². The van der Waals surface area contributed by atoms with Crippen LogP contribution in [0, 0.1) is 0 Å². The molecular weight excluding hydrogens is 424 g/mol. The number of amidine groups is 1. The third-order valence-electron chi connectivity index (χ3n) is 6.60. The maximum atomic E-state index is 12.9. The van der Waals surface area contributed by atoms with Crippen molar-refractivity contribution in [3.05, 3.63) is 65.2 Å². The van der Waals surface area contributed by atoms with Crippen molar-refractivity contribution in [2.24, 2.45) is 4.40 Å². The molecule has 2 aromatic carbocycles. The molecule has 1 amide bonds. The molecule has 168 valence electrons. The molecule has 0 spiro atoms. The molecule has 7 nitrogen and oxygen atoms in total. The molecule has 3 aliphatic rings. The van der Waals surface area contributed by atoms with E-state index in [9.17, 15) is 13.2 Å². The lowest BCUT2D eigenvalue weighted by atomic mass is 10.00.